The molecule has 0 aliphatic carbocycles. The molecule has 1 amide bonds. The number of nitrogens with one attached hydrogen (secondary N) is 2. The highest BCUT2D eigenvalue weighted by atomic mass is 35.6. The van der Waals surface area contributed by atoms with Crippen LogP contribution in [0.1, 0.15) is 19.8 Å². The predicted octanol–water partition coefficient (Wildman–Crippen LogP) is 5.02. The van der Waals surface area contributed by atoms with Gasteiger partial charge in [-0.15, -0.1) is 0 Å². The topological polar surface area (TPSA) is 41.1 Å². The lowest BCUT2D eigenvalue weighted by atomic mass is 10.3. The molecule has 2 N–H and O–H groups in total. The van der Waals surface area contributed by atoms with Crippen molar-refractivity contribution < 1.29 is 4.79 Å². The molecule has 0 aliphatic heterocycles. The first kappa shape index (κ1) is 18.0. The Labute approximate surface area is 142 Å². The molecule has 20 heavy (non-hydrogen) atoms. The lowest BCUT2D eigenvalue weighted by molar-refractivity contribution is -0.121. The quantitative estimate of drug-likeness (QED) is 0.558. The minimum atomic E-state index is -1.73. The Hall–Kier alpha value is -0.0600. The van der Waals surface area contributed by atoms with E-state index in [1.54, 1.807) is 18.2 Å². The molecule has 0 spiro atoms. The maximum atomic E-state index is 11.6. The number of carbonyl (C=O) groups is 1. The number of rotatable bonds is 5. The van der Waals surface area contributed by atoms with E-state index in [1.165, 1.54) is 0 Å². The second-order valence-electron chi connectivity index (χ2n) is 4.06. The maximum absolute atomic E-state index is 11.6. The van der Waals surface area contributed by atoms with Crippen LogP contribution in [-0.2, 0) is 4.79 Å². The molecule has 0 saturated carbocycles. The van der Waals surface area contributed by atoms with Gasteiger partial charge in [0.2, 0.25) is 9.70 Å². The first-order valence-electron chi connectivity index (χ1n) is 5.81. The van der Waals surface area contributed by atoms with Gasteiger partial charge in [0.15, 0.2) is 0 Å². The zero-order valence-electron chi connectivity index (χ0n) is 10.5. The van der Waals surface area contributed by atoms with Gasteiger partial charge >= 0.3 is 0 Å². The Bertz CT molecular complexity index is 475. The summed E-state index contributed by atoms with van der Waals surface area (Å²) in [5.74, 6) is -0.221. The van der Waals surface area contributed by atoms with Gasteiger partial charge < -0.3 is 10.6 Å². The van der Waals surface area contributed by atoms with Crippen molar-refractivity contribution in [3.63, 3.8) is 0 Å². The third-order valence-corrected chi connectivity index (χ3v) is 3.54. The van der Waals surface area contributed by atoms with Crippen LogP contribution < -0.4 is 10.6 Å². The average molecular weight is 379 g/mol. The standard InChI is InChI=1S/C12H13Cl5N2O/c1-2-3-10(20)19-11(12(15,16)17)18-9-5-4-7(13)6-8(9)14/h4-6,11,18H,2-3H2,1H3,(H,19,20)/t11-/m0/s1. The zero-order valence-corrected chi connectivity index (χ0v) is 14.3. The summed E-state index contributed by atoms with van der Waals surface area (Å²) < 4.78 is -1.73. The van der Waals surface area contributed by atoms with Gasteiger partial charge in [0.25, 0.3) is 0 Å². The molecule has 0 bridgehead atoms. The number of benzene rings is 1. The minimum Gasteiger partial charge on any atom is -0.361 e. The second kappa shape index (κ2) is 7.81. The van der Waals surface area contributed by atoms with Crippen molar-refractivity contribution >= 4 is 69.6 Å². The van der Waals surface area contributed by atoms with E-state index in [4.69, 9.17) is 58.0 Å². The van der Waals surface area contributed by atoms with Gasteiger partial charge in [-0.2, -0.15) is 0 Å². The van der Waals surface area contributed by atoms with Crippen molar-refractivity contribution in [1.82, 2.24) is 5.32 Å². The van der Waals surface area contributed by atoms with E-state index in [2.05, 4.69) is 10.6 Å². The van der Waals surface area contributed by atoms with E-state index < -0.39 is 9.96 Å². The van der Waals surface area contributed by atoms with E-state index in [9.17, 15) is 4.79 Å². The van der Waals surface area contributed by atoms with Gasteiger partial charge in [-0.25, -0.2) is 0 Å². The highest BCUT2D eigenvalue weighted by molar-refractivity contribution is 6.68. The molecule has 0 aromatic heterocycles. The molecule has 8 heteroatoms. The third kappa shape index (κ3) is 5.74. The molecule has 0 aliphatic rings. The van der Waals surface area contributed by atoms with Crippen molar-refractivity contribution in [3.05, 3.63) is 28.2 Å². The Kier molecular flexibility index (Phi) is 7.02. The summed E-state index contributed by atoms with van der Waals surface area (Å²) in [5.41, 5.74) is 0.504. The summed E-state index contributed by atoms with van der Waals surface area (Å²) in [6.45, 7) is 1.88. The first-order chi connectivity index (χ1) is 9.24. The molecule has 0 saturated heterocycles. The van der Waals surface area contributed by atoms with Crippen LogP contribution in [0.3, 0.4) is 0 Å². The SMILES string of the molecule is CCCC(=O)N[C@H](Nc1ccc(Cl)cc1Cl)C(Cl)(Cl)Cl. The molecule has 1 atom stereocenters. The summed E-state index contributed by atoms with van der Waals surface area (Å²) in [7, 11) is 0. The number of halogens is 5. The maximum Gasteiger partial charge on any atom is 0.228 e. The van der Waals surface area contributed by atoms with Crippen LogP contribution in [-0.4, -0.2) is 15.9 Å². The zero-order chi connectivity index (χ0) is 15.3. The third-order valence-electron chi connectivity index (χ3n) is 2.34. The van der Waals surface area contributed by atoms with Crippen molar-refractivity contribution in [2.45, 2.75) is 29.7 Å². The van der Waals surface area contributed by atoms with Gasteiger partial charge in [0.05, 0.1) is 10.7 Å². The molecule has 1 rings (SSSR count). The van der Waals surface area contributed by atoms with Gasteiger partial charge in [0, 0.05) is 11.4 Å². The highest BCUT2D eigenvalue weighted by Crippen LogP contribution is 2.33. The summed E-state index contributed by atoms with van der Waals surface area (Å²) in [6, 6.07) is 4.83. The van der Waals surface area contributed by atoms with Crippen molar-refractivity contribution in [1.29, 1.82) is 0 Å². The lowest BCUT2D eigenvalue weighted by Crippen LogP contribution is -2.49. The van der Waals surface area contributed by atoms with Crippen LogP contribution in [0, 0.1) is 0 Å². The van der Waals surface area contributed by atoms with Gasteiger partial charge in [0.1, 0.15) is 6.17 Å². The van der Waals surface area contributed by atoms with Crippen LogP contribution in [0.15, 0.2) is 18.2 Å². The van der Waals surface area contributed by atoms with E-state index in [0.717, 1.165) is 0 Å². The van der Waals surface area contributed by atoms with Crippen LogP contribution in [0.25, 0.3) is 0 Å². The molecule has 3 nitrogen and oxygen atoms in total. The predicted molar refractivity (Wildman–Crippen MR) is 87.2 cm³/mol. The fourth-order valence-corrected chi connectivity index (χ4v) is 2.21. The van der Waals surface area contributed by atoms with Gasteiger partial charge in [-0.05, 0) is 24.6 Å². The number of anilines is 1. The van der Waals surface area contributed by atoms with E-state index in [-0.39, 0.29) is 5.91 Å². The molecule has 0 heterocycles. The van der Waals surface area contributed by atoms with E-state index in [1.807, 2.05) is 6.92 Å². The first-order valence-corrected chi connectivity index (χ1v) is 7.70. The number of hydrogen-bond donors (Lipinski definition) is 2. The minimum absolute atomic E-state index is 0.221. The average Bonchev–Trinajstić information content (AvgIpc) is 2.30. The Balaban J connectivity index is 2.87. The largest absolute Gasteiger partial charge is 0.361 e. The number of carbonyl (C=O) groups excluding carboxylic acids is 1. The molecule has 1 aromatic carbocycles. The highest BCUT2D eigenvalue weighted by Gasteiger charge is 2.34. The van der Waals surface area contributed by atoms with Gasteiger partial charge in [-0.3, -0.25) is 4.79 Å². The van der Waals surface area contributed by atoms with E-state index >= 15 is 0 Å². The molecular formula is C12H13Cl5N2O. The number of amides is 1. The molecule has 0 unspecified atom stereocenters. The summed E-state index contributed by atoms with van der Waals surface area (Å²) >= 11 is 29.4. The summed E-state index contributed by atoms with van der Waals surface area (Å²) in [6.07, 6.45) is 0.123. The molecule has 1 aromatic rings. The van der Waals surface area contributed by atoms with Crippen molar-refractivity contribution in [3.8, 4) is 0 Å². The van der Waals surface area contributed by atoms with Gasteiger partial charge in [-0.1, -0.05) is 64.9 Å². The summed E-state index contributed by atoms with van der Waals surface area (Å²) in [4.78, 5) is 11.6. The second-order valence-corrected chi connectivity index (χ2v) is 7.27. The van der Waals surface area contributed by atoms with Crippen LogP contribution >= 0.6 is 58.0 Å². The van der Waals surface area contributed by atoms with Crippen LogP contribution in [0.2, 0.25) is 10.0 Å². The fraction of sp³-hybridized carbons (Fsp3) is 0.417. The number of alkyl halides is 3. The van der Waals surface area contributed by atoms with Crippen molar-refractivity contribution in [2.75, 3.05) is 5.32 Å². The van der Waals surface area contributed by atoms with Crippen molar-refractivity contribution in [2.24, 2.45) is 0 Å². The lowest BCUT2D eigenvalue weighted by Gasteiger charge is -2.27. The van der Waals surface area contributed by atoms with Crippen LogP contribution in [0.4, 0.5) is 5.69 Å². The Morgan fingerprint density at radius 3 is 2.45 bits per heavy atom. The van der Waals surface area contributed by atoms with E-state index in [0.29, 0.717) is 28.6 Å². The monoisotopic (exact) mass is 376 g/mol. The normalized spacial score (nSPS) is 12.9. The molecule has 0 radical (unpaired) electrons. The Morgan fingerprint density at radius 1 is 1.30 bits per heavy atom. The summed E-state index contributed by atoms with van der Waals surface area (Å²) in [5, 5.41) is 6.35. The Morgan fingerprint density at radius 2 is 1.95 bits per heavy atom. The molecule has 0 fully saturated rings. The molecular weight excluding hydrogens is 365 g/mol. The number of hydrogen-bond acceptors (Lipinski definition) is 2. The van der Waals surface area contributed by atoms with Crippen LogP contribution in [0.5, 0.6) is 0 Å². The fourth-order valence-electron chi connectivity index (χ4n) is 1.42. The smallest absolute Gasteiger partial charge is 0.228 e. The molecule has 112 valence electrons.